The van der Waals surface area contributed by atoms with Crippen molar-refractivity contribution in [3.63, 3.8) is 0 Å². The number of piperidine rings is 1. The van der Waals surface area contributed by atoms with Crippen molar-refractivity contribution in [2.45, 2.75) is 58.5 Å². The molecule has 1 saturated heterocycles. The average molecular weight is 274 g/mol. The molecule has 0 aromatic heterocycles. The summed E-state index contributed by atoms with van der Waals surface area (Å²) >= 11 is 0. The second kappa shape index (κ2) is 6.28. The molecule has 0 radical (unpaired) electrons. The zero-order valence-electron chi connectivity index (χ0n) is 13.5. The lowest BCUT2D eigenvalue weighted by atomic mass is 9.86. The van der Waals surface area contributed by atoms with E-state index in [2.05, 4.69) is 56.9 Å². The topological polar surface area (TPSA) is 29.3 Å². The lowest BCUT2D eigenvalue weighted by molar-refractivity contribution is 0.165. The molecule has 20 heavy (non-hydrogen) atoms. The summed E-state index contributed by atoms with van der Waals surface area (Å²) in [4.78, 5) is 2.56. The van der Waals surface area contributed by atoms with Crippen LogP contribution < -0.4 is 5.73 Å². The van der Waals surface area contributed by atoms with Gasteiger partial charge in [-0.05, 0) is 55.3 Å². The van der Waals surface area contributed by atoms with Gasteiger partial charge >= 0.3 is 0 Å². The Kier molecular flexibility index (Phi) is 4.87. The minimum Gasteiger partial charge on any atom is -0.328 e. The van der Waals surface area contributed by atoms with Crippen LogP contribution in [0.15, 0.2) is 24.3 Å². The van der Waals surface area contributed by atoms with Gasteiger partial charge in [0.05, 0.1) is 0 Å². The highest BCUT2D eigenvalue weighted by atomic mass is 15.1. The molecule has 0 unspecified atom stereocenters. The number of rotatable bonds is 3. The maximum Gasteiger partial charge on any atom is 0.0233 e. The molecular formula is C18H30N2. The number of hydrogen-bond acceptors (Lipinski definition) is 2. The maximum absolute atomic E-state index is 6.00. The quantitative estimate of drug-likeness (QED) is 0.913. The third-order valence-electron chi connectivity index (χ3n) is 4.60. The van der Waals surface area contributed by atoms with E-state index in [1.165, 1.54) is 37.1 Å². The lowest BCUT2D eigenvalue weighted by Crippen LogP contribution is -2.39. The lowest BCUT2D eigenvalue weighted by Gasteiger charge is -2.33. The second-order valence-corrected chi connectivity index (χ2v) is 7.42. The van der Waals surface area contributed by atoms with E-state index in [0.29, 0.717) is 6.04 Å². The number of benzene rings is 1. The summed E-state index contributed by atoms with van der Waals surface area (Å²) in [5.74, 6) is 0.717. The molecule has 1 atom stereocenters. The minimum atomic E-state index is 0.244. The molecule has 2 heteroatoms. The minimum absolute atomic E-state index is 0.244. The molecule has 1 aromatic carbocycles. The molecule has 1 aliphatic rings. The van der Waals surface area contributed by atoms with Crippen molar-refractivity contribution in [3.8, 4) is 0 Å². The summed E-state index contributed by atoms with van der Waals surface area (Å²) in [6.45, 7) is 12.4. The van der Waals surface area contributed by atoms with Crippen LogP contribution in [0.5, 0.6) is 0 Å². The van der Waals surface area contributed by atoms with Gasteiger partial charge in [0.15, 0.2) is 0 Å². The Morgan fingerprint density at radius 3 is 2.15 bits per heavy atom. The van der Waals surface area contributed by atoms with Crippen LogP contribution in [0.2, 0.25) is 0 Å². The highest BCUT2D eigenvalue weighted by molar-refractivity contribution is 5.27. The van der Waals surface area contributed by atoms with Gasteiger partial charge in [0, 0.05) is 12.6 Å². The summed E-state index contributed by atoms with van der Waals surface area (Å²) in [5.41, 5.74) is 9.09. The van der Waals surface area contributed by atoms with Gasteiger partial charge in [0.2, 0.25) is 0 Å². The Labute approximate surface area is 124 Å². The zero-order chi connectivity index (χ0) is 14.8. The van der Waals surface area contributed by atoms with E-state index in [1.807, 2.05) is 0 Å². The Hall–Kier alpha value is -0.860. The number of nitrogens with two attached hydrogens (primary N) is 1. The average Bonchev–Trinajstić information content (AvgIpc) is 2.39. The molecule has 2 N–H and O–H groups in total. The third-order valence-corrected chi connectivity index (χ3v) is 4.60. The van der Waals surface area contributed by atoms with E-state index in [-0.39, 0.29) is 5.41 Å². The van der Waals surface area contributed by atoms with Gasteiger partial charge in [-0.25, -0.2) is 0 Å². The molecule has 112 valence electrons. The smallest absolute Gasteiger partial charge is 0.0233 e. The number of likely N-dealkylation sites (tertiary alicyclic amines) is 1. The maximum atomic E-state index is 6.00. The molecule has 2 rings (SSSR count). The Bertz CT molecular complexity index is 406. The van der Waals surface area contributed by atoms with Crippen molar-refractivity contribution < 1.29 is 0 Å². The van der Waals surface area contributed by atoms with Crippen LogP contribution in [0, 0.1) is 5.92 Å². The van der Waals surface area contributed by atoms with Crippen LogP contribution in [-0.4, -0.2) is 24.0 Å². The summed E-state index contributed by atoms with van der Waals surface area (Å²) in [6, 6.07) is 9.49. The van der Waals surface area contributed by atoms with Crippen LogP contribution >= 0.6 is 0 Å². The zero-order valence-corrected chi connectivity index (χ0v) is 13.5. The van der Waals surface area contributed by atoms with E-state index in [1.54, 1.807) is 0 Å². The molecule has 0 aliphatic carbocycles. The molecule has 1 heterocycles. The molecule has 0 bridgehead atoms. The summed E-state index contributed by atoms with van der Waals surface area (Å²) in [6.07, 6.45) is 2.50. The molecule has 0 saturated carbocycles. The highest BCUT2D eigenvalue weighted by Gasteiger charge is 2.21. The first-order valence-electron chi connectivity index (χ1n) is 7.93. The van der Waals surface area contributed by atoms with Crippen LogP contribution in [0.4, 0.5) is 0 Å². The first-order chi connectivity index (χ1) is 9.36. The molecular weight excluding hydrogens is 244 g/mol. The van der Waals surface area contributed by atoms with Gasteiger partial charge in [-0.3, -0.25) is 4.90 Å². The van der Waals surface area contributed by atoms with Gasteiger partial charge in [-0.15, -0.1) is 0 Å². The molecule has 0 amide bonds. The summed E-state index contributed by atoms with van der Waals surface area (Å²) in [7, 11) is 0. The summed E-state index contributed by atoms with van der Waals surface area (Å²) < 4.78 is 0. The third kappa shape index (κ3) is 4.07. The van der Waals surface area contributed by atoms with Crippen molar-refractivity contribution in [1.82, 2.24) is 4.90 Å². The van der Waals surface area contributed by atoms with E-state index in [4.69, 9.17) is 5.73 Å². The fourth-order valence-electron chi connectivity index (χ4n) is 3.01. The molecule has 0 spiro atoms. The van der Waals surface area contributed by atoms with Crippen LogP contribution in [0.25, 0.3) is 0 Å². The van der Waals surface area contributed by atoms with Crippen molar-refractivity contribution in [3.05, 3.63) is 35.4 Å². The summed E-state index contributed by atoms with van der Waals surface area (Å²) in [5, 5.41) is 0. The standard InChI is InChI=1S/C18H30N2/c1-14(19)16-9-11-20(12-10-16)13-15-5-7-17(8-6-15)18(2,3)4/h5-8,14,16H,9-13,19H2,1-4H3/t14-/m0/s1. The Morgan fingerprint density at radius 1 is 1.15 bits per heavy atom. The number of hydrogen-bond donors (Lipinski definition) is 1. The molecule has 1 aliphatic heterocycles. The SMILES string of the molecule is C[C@H](N)C1CCN(Cc2ccc(C(C)(C)C)cc2)CC1. The fraction of sp³-hybridized carbons (Fsp3) is 0.667. The Balaban J connectivity index is 1.89. The fourth-order valence-corrected chi connectivity index (χ4v) is 3.01. The van der Waals surface area contributed by atoms with Gasteiger partial charge in [-0.2, -0.15) is 0 Å². The van der Waals surface area contributed by atoms with Crippen LogP contribution in [0.3, 0.4) is 0 Å². The van der Waals surface area contributed by atoms with Crippen molar-refractivity contribution in [1.29, 1.82) is 0 Å². The van der Waals surface area contributed by atoms with E-state index in [0.717, 1.165) is 12.5 Å². The number of nitrogens with zero attached hydrogens (tertiary/aromatic N) is 1. The predicted octanol–water partition coefficient (Wildman–Crippen LogP) is 3.54. The Morgan fingerprint density at radius 2 is 1.70 bits per heavy atom. The van der Waals surface area contributed by atoms with Crippen LogP contribution in [0.1, 0.15) is 51.7 Å². The first-order valence-corrected chi connectivity index (χ1v) is 7.93. The van der Waals surface area contributed by atoms with Gasteiger partial charge in [0.1, 0.15) is 0 Å². The van der Waals surface area contributed by atoms with E-state index in [9.17, 15) is 0 Å². The monoisotopic (exact) mass is 274 g/mol. The van der Waals surface area contributed by atoms with E-state index < -0.39 is 0 Å². The normalized spacial score (nSPS) is 20.1. The van der Waals surface area contributed by atoms with Crippen LogP contribution in [-0.2, 0) is 12.0 Å². The van der Waals surface area contributed by atoms with Crippen molar-refractivity contribution >= 4 is 0 Å². The second-order valence-electron chi connectivity index (χ2n) is 7.42. The highest BCUT2D eigenvalue weighted by Crippen LogP contribution is 2.24. The van der Waals surface area contributed by atoms with Crippen molar-refractivity contribution in [2.75, 3.05) is 13.1 Å². The van der Waals surface area contributed by atoms with Gasteiger partial charge in [0.25, 0.3) is 0 Å². The van der Waals surface area contributed by atoms with Crippen molar-refractivity contribution in [2.24, 2.45) is 11.7 Å². The molecule has 2 nitrogen and oxygen atoms in total. The van der Waals surface area contributed by atoms with Gasteiger partial charge in [-0.1, -0.05) is 45.0 Å². The predicted molar refractivity (Wildman–Crippen MR) is 86.8 cm³/mol. The van der Waals surface area contributed by atoms with Gasteiger partial charge < -0.3 is 5.73 Å². The van der Waals surface area contributed by atoms with E-state index >= 15 is 0 Å². The first kappa shape index (κ1) is 15.5. The molecule has 1 fully saturated rings. The molecule has 1 aromatic rings. The largest absolute Gasteiger partial charge is 0.328 e.